The molecule has 0 amide bonds. The number of aromatic nitrogens is 3. The van der Waals surface area contributed by atoms with Crippen LogP contribution in [0.25, 0.3) is 11.3 Å². The number of halogens is 1. The smallest absolute Gasteiger partial charge is 0.123 e. The van der Waals surface area contributed by atoms with E-state index in [0.717, 1.165) is 0 Å². The predicted octanol–water partition coefficient (Wildman–Crippen LogP) is -0.262. The molecule has 1 aliphatic rings. The summed E-state index contributed by atoms with van der Waals surface area (Å²) in [5.74, 6) is -0.390. The molecular weight excluding hydrogens is 293 g/mol. The summed E-state index contributed by atoms with van der Waals surface area (Å²) in [6.45, 7) is -0.391. The van der Waals surface area contributed by atoms with Crippen molar-refractivity contribution in [1.82, 2.24) is 15.0 Å². The molecule has 1 saturated heterocycles. The number of nitrogens with zero attached hydrogens (tertiary/aromatic N) is 3. The number of hydrogen-bond donors (Lipinski definition) is 3. The summed E-state index contributed by atoms with van der Waals surface area (Å²) in [5, 5.41) is 37.2. The largest absolute Gasteiger partial charge is 0.394 e. The number of aliphatic hydroxyl groups is 3. The van der Waals surface area contributed by atoms with Crippen molar-refractivity contribution in [2.75, 3.05) is 13.2 Å². The fraction of sp³-hybridized carbons (Fsp3) is 0.429. The van der Waals surface area contributed by atoms with Gasteiger partial charge in [0.25, 0.3) is 0 Å². The quantitative estimate of drug-likeness (QED) is 0.722. The van der Waals surface area contributed by atoms with Crippen LogP contribution in [0.15, 0.2) is 30.5 Å². The lowest BCUT2D eigenvalue weighted by Crippen LogP contribution is -2.51. The number of hydrogen-bond acceptors (Lipinski definition) is 6. The standard InChI is InChI=1S/C14H16FN3O4/c15-9-3-1-2-8(4-9)10-5-18(17-16-10)13-11(20)7-22-12(6-19)14(13)21/h1-5,11-14,19-21H,6-7H2/t11-,12?,13?,14+/m1/s1. The van der Waals surface area contributed by atoms with Gasteiger partial charge in [-0.3, -0.25) is 0 Å². The lowest BCUT2D eigenvalue weighted by molar-refractivity contribution is -0.166. The molecule has 1 aromatic heterocycles. The van der Waals surface area contributed by atoms with E-state index < -0.39 is 30.2 Å². The van der Waals surface area contributed by atoms with Gasteiger partial charge in [-0.2, -0.15) is 0 Å². The topological polar surface area (TPSA) is 101 Å². The van der Waals surface area contributed by atoms with Crippen molar-refractivity contribution < 1.29 is 24.4 Å². The van der Waals surface area contributed by atoms with Crippen molar-refractivity contribution in [2.24, 2.45) is 0 Å². The van der Waals surface area contributed by atoms with Crippen LogP contribution in [0, 0.1) is 5.82 Å². The summed E-state index contributed by atoms with van der Waals surface area (Å²) < 4.78 is 19.7. The Morgan fingerprint density at radius 3 is 2.91 bits per heavy atom. The van der Waals surface area contributed by atoms with Gasteiger partial charge in [0.15, 0.2) is 0 Å². The average Bonchev–Trinajstić information content (AvgIpc) is 2.97. The second kappa shape index (κ2) is 6.09. The molecule has 0 bridgehead atoms. The highest BCUT2D eigenvalue weighted by Crippen LogP contribution is 2.27. The van der Waals surface area contributed by atoms with Crippen LogP contribution in [0.3, 0.4) is 0 Å². The normalized spacial score (nSPS) is 28.7. The minimum atomic E-state index is -1.13. The zero-order valence-electron chi connectivity index (χ0n) is 11.6. The fourth-order valence-electron chi connectivity index (χ4n) is 2.56. The molecule has 7 nitrogen and oxygen atoms in total. The molecule has 1 aliphatic heterocycles. The van der Waals surface area contributed by atoms with Crippen LogP contribution >= 0.6 is 0 Å². The maximum Gasteiger partial charge on any atom is 0.123 e. The molecular formula is C14H16FN3O4. The molecule has 2 aromatic rings. The summed E-state index contributed by atoms with van der Waals surface area (Å²) in [6, 6.07) is 5.10. The Morgan fingerprint density at radius 1 is 1.36 bits per heavy atom. The van der Waals surface area contributed by atoms with Crippen LogP contribution in [-0.2, 0) is 4.74 Å². The van der Waals surface area contributed by atoms with Crippen LogP contribution in [0.1, 0.15) is 6.04 Å². The molecule has 1 fully saturated rings. The molecule has 3 N–H and O–H groups in total. The zero-order chi connectivity index (χ0) is 15.7. The lowest BCUT2D eigenvalue weighted by atomic mass is 9.97. The van der Waals surface area contributed by atoms with Crippen LogP contribution < -0.4 is 0 Å². The average molecular weight is 309 g/mol. The SMILES string of the molecule is OCC1OC[C@@H](O)C(n2cc(-c3cccc(F)c3)nn2)[C@H]1O. The van der Waals surface area contributed by atoms with Gasteiger partial charge in [-0.25, -0.2) is 9.07 Å². The highest BCUT2D eigenvalue weighted by Gasteiger charge is 2.40. The molecule has 2 heterocycles. The maximum absolute atomic E-state index is 13.3. The molecule has 8 heteroatoms. The molecule has 2 unspecified atom stereocenters. The van der Waals surface area contributed by atoms with Crippen LogP contribution in [0.4, 0.5) is 4.39 Å². The van der Waals surface area contributed by atoms with Crippen molar-refractivity contribution >= 4 is 0 Å². The Labute approximate surface area is 125 Å². The summed E-state index contributed by atoms with van der Waals surface area (Å²) in [5.41, 5.74) is 0.965. The molecule has 3 rings (SSSR count). The van der Waals surface area contributed by atoms with Gasteiger partial charge in [-0.05, 0) is 12.1 Å². The first-order chi connectivity index (χ1) is 10.6. The number of rotatable bonds is 3. The van der Waals surface area contributed by atoms with Gasteiger partial charge in [-0.1, -0.05) is 17.3 Å². The molecule has 0 radical (unpaired) electrons. The van der Waals surface area contributed by atoms with E-state index in [2.05, 4.69) is 10.3 Å². The molecule has 0 spiro atoms. The molecule has 0 saturated carbocycles. The number of ether oxygens (including phenoxy) is 1. The molecule has 118 valence electrons. The van der Waals surface area contributed by atoms with Gasteiger partial charge in [0.2, 0.25) is 0 Å². The van der Waals surface area contributed by atoms with Crippen molar-refractivity contribution in [1.29, 1.82) is 0 Å². The van der Waals surface area contributed by atoms with Gasteiger partial charge in [-0.15, -0.1) is 5.10 Å². The maximum atomic E-state index is 13.3. The highest BCUT2D eigenvalue weighted by molar-refractivity contribution is 5.57. The summed E-state index contributed by atoms with van der Waals surface area (Å²) in [4.78, 5) is 0. The van der Waals surface area contributed by atoms with E-state index in [1.807, 2.05) is 0 Å². The first-order valence-corrected chi connectivity index (χ1v) is 6.86. The van der Waals surface area contributed by atoms with E-state index in [9.17, 15) is 19.7 Å². The van der Waals surface area contributed by atoms with Crippen molar-refractivity contribution in [3.8, 4) is 11.3 Å². The molecule has 0 aliphatic carbocycles. The van der Waals surface area contributed by atoms with Crippen molar-refractivity contribution in [2.45, 2.75) is 24.4 Å². The monoisotopic (exact) mass is 309 g/mol. The Balaban J connectivity index is 1.89. The summed E-state index contributed by atoms with van der Waals surface area (Å²) in [6.07, 6.45) is -1.39. The summed E-state index contributed by atoms with van der Waals surface area (Å²) >= 11 is 0. The first kappa shape index (κ1) is 15.0. The zero-order valence-corrected chi connectivity index (χ0v) is 11.6. The third-order valence-corrected chi connectivity index (χ3v) is 3.72. The van der Waals surface area contributed by atoms with Crippen LogP contribution in [-0.4, -0.2) is 61.8 Å². The van der Waals surface area contributed by atoms with E-state index in [1.54, 1.807) is 12.1 Å². The minimum absolute atomic E-state index is 0.0257. The second-order valence-electron chi connectivity index (χ2n) is 5.20. The molecule has 1 aromatic carbocycles. The highest BCUT2D eigenvalue weighted by atomic mass is 19.1. The lowest BCUT2D eigenvalue weighted by Gasteiger charge is -2.36. The summed E-state index contributed by atoms with van der Waals surface area (Å²) in [7, 11) is 0. The van der Waals surface area contributed by atoms with Crippen molar-refractivity contribution in [3.63, 3.8) is 0 Å². The molecule has 22 heavy (non-hydrogen) atoms. The minimum Gasteiger partial charge on any atom is -0.394 e. The van der Waals surface area contributed by atoms with E-state index in [-0.39, 0.29) is 13.2 Å². The predicted molar refractivity (Wildman–Crippen MR) is 73.3 cm³/mol. The third-order valence-electron chi connectivity index (χ3n) is 3.72. The fourth-order valence-corrected chi connectivity index (χ4v) is 2.56. The Bertz CT molecular complexity index is 651. The van der Waals surface area contributed by atoms with Crippen LogP contribution in [0.5, 0.6) is 0 Å². The molecule has 4 atom stereocenters. The Kier molecular flexibility index (Phi) is 4.16. The number of benzene rings is 1. The van der Waals surface area contributed by atoms with Gasteiger partial charge < -0.3 is 20.1 Å². The van der Waals surface area contributed by atoms with Gasteiger partial charge in [0.05, 0.1) is 19.4 Å². The van der Waals surface area contributed by atoms with E-state index in [0.29, 0.717) is 11.3 Å². The first-order valence-electron chi connectivity index (χ1n) is 6.86. The van der Waals surface area contributed by atoms with Gasteiger partial charge >= 0.3 is 0 Å². The second-order valence-corrected chi connectivity index (χ2v) is 5.20. The number of aliphatic hydroxyl groups excluding tert-OH is 3. The van der Waals surface area contributed by atoms with Crippen LogP contribution in [0.2, 0.25) is 0 Å². The van der Waals surface area contributed by atoms with E-state index >= 15 is 0 Å². The van der Waals surface area contributed by atoms with E-state index in [4.69, 9.17) is 4.74 Å². The Morgan fingerprint density at radius 2 is 2.18 bits per heavy atom. The van der Waals surface area contributed by atoms with E-state index in [1.165, 1.54) is 23.0 Å². The third kappa shape index (κ3) is 2.73. The Hall–Kier alpha value is -1.87. The van der Waals surface area contributed by atoms with Gasteiger partial charge in [0.1, 0.15) is 35.9 Å². The van der Waals surface area contributed by atoms with Crippen molar-refractivity contribution in [3.05, 3.63) is 36.3 Å². The van der Waals surface area contributed by atoms with Gasteiger partial charge in [0, 0.05) is 5.56 Å².